The van der Waals surface area contributed by atoms with Crippen LogP contribution in [0.5, 0.6) is 0 Å². The van der Waals surface area contributed by atoms with Crippen molar-refractivity contribution in [2.75, 3.05) is 16.2 Å². The summed E-state index contributed by atoms with van der Waals surface area (Å²) in [5.74, 6) is -1.02. The minimum Gasteiger partial charge on any atom is -0.364 e. The molecule has 0 aromatic carbocycles. The largest absolute Gasteiger partial charge is 0.364 e. The maximum absolute atomic E-state index is 12.7. The third-order valence-corrected chi connectivity index (χ3v) is 5.05. The Balaban J connectivity index is 2.02. The van der Waals surface area contributed by atoms with Gasteiger partial charge in [0.2, 0.25) is 15.9 Å². The zero-order valence-corrected chi connectivity index (χ0v) is 12.6. The molecule has 0 radical (unpaired) electrons. The summed E-state index contributed by atoms with van der Waals surface area (Å²) in [5, 5.41) is 6.34. The molecular weight excluding hydrogens is 308 g/mol. The topological polar surface area (TPSA) is 105 Å². The van der Waals surface area contributed by atoms with Crippen LogP contribution >= 0.6 is 0 Å². The van der Waals surface area contributed by atoms with E-state index >= 15 is 0 Å². The average Bonchev–Trinajstić information content (AvgIpc) is 2.92. The van der Waals surface area contributed by atoms with Crippen LogP contribution in [-0.2, 0) is 20.6 Å². The van der Waals surface area contributed by atoms with Crippen molar-refractivity contribution in [2.24, 2.45) is 5.92 Å². The van der Waals surface area contributed by atoms with Gasteiger partial charge in [0.15, 0.2) is 0 Å². The smallest absolute Gasteiger partial charge is 0.241 e. The third kappa shape index (κ3) is 2.67. The van der Waals surface area contributed by atoms with Crippen LogP contribution in [-0.4, -0.2) is 31.0 Å². The van der Waals surface area contributed by atoms with Crippen LogP contribution in [0, 0.1) is 5.92 Å². The summed E-state index contributed by atoms with van der Waals surface area (Å²) in [4.78, 5) is 15.9. The monoisotopic (exact) mass is 322 g/mol. The minimum atomic E-state index is -3.72. The number of sulfonamides is 1. The highest BCUT2D eigenvalue weighted by Gasteiger charge is 2.32. The molecule has 0 spiro atoms. The second-order valence-electron chi connectivity index (χ2n) is 5.06. The number of hydrogen-bond acceptors (Lipinski definition) is 6. The third-order valence-electron chi connectivity index (χ3n) is 3.37. The quantitative estimate of drug-likeness (QED) is 0.903. The van der Waals surface area contributed by atoms with Crippen molar-refractivity contribution in [3.05, 3.63) is 36.5 Å². The molecule has 1 amide bonds. The molecule has 1 atom stereocenters. The summed E-state index contributed by atoms with van der Waals surface area (Å²) in [6.45, 7) is 1.72. The summed E-state index contributed by atoms with van der Waals surface area (Å²) < 4.78 is 31.3. The molecule has 2 aromatic heterocycles. The Hall–Kier alpha value is -2.42. The van der Waals surface area contributed by atoms with Gasteiger partial charge in [0.05, 0.1) is 23.5 Å². The number of anilines is 2. The summed E-state index contributed by atoms with van der Waals surface area (Å²) in [6.07, 6.45) is 4.24. The predicted octanol–water partition coefficient (Wildman–Crippen LogP) is 0.994. The molecule has 3 rings (SSSR count). The van der Waals surface area contributed by atoms with E-state index in [1.807, 2.05) is 0 Å². The second-order valence-corrected chi connectivity index (χ2v) is 6.95. The molecule has 1 N–H and O–H groups in total. The van der Waals surface area contributed by atoms with Crippen LogP contribution in [0.15, 0.2) is 35.3 Å². The van der Waals surface area contributed by atoms with E-state index in [-0.39, 0.29) is 18.2 Å². The van der Waals surface area contributed by atoms with Crippen LogP contribution in [0.2, 0.25) is 0 Å². The van der Waals surface area contributed by atoms with Crippen molar-refractivity contribution in [1.82, 2.24) is 10.1 Å². The molecule has 0 saturated heterocycles. The van der Waals surface area contributed by atoms with Gasteiger partial charge in [-0.15, -0.1) is 0 Å². The number of hydrogen-bond donors (Lipinski definition) is 1. The molecular formula is C13H14N4O4S. The standard InChI is InChI=1S/C13H14N4O4S/c1-9-7-17(22(19,20)8-10-3-5-21-16-10)12-6-14-4-2-11(12)15-13(9)18/h2-6,9H,7-8H2,1H3,(H,15,18). The van der Waals surface area contributed by atoms with E-state index in [1.165, 1.54) is 29.0 Å². The average molecular weight is 322 g/mol. The normalized spacial score (nSPS) is 18.5. The highest BCUT2D eigenvalue weighted by molar-refractivity contribution is 7.92. The number of carbonyl (C=O) groups excluding carboxylic acids is 1. The highest BCUT2D eigenvalue weighted by Crippen LogP contribution is 2.31. The Morgan fingerprint density at radius 1 is 1.45 bits per heavy atom. The van der Waals surface area contributed by atoms with Crippen LogP contribution in [0.25, 0.3) is 0 Å². The Labute approximate surface area is 127 Å². The zero-order chi connectivity index (χ0) is 15.7. The number of rotatable bonds is 3. The number of nitrogens with zero attached hydrogens (tertiary/aromatic N) is 3. The van der Waals surface area contributed by atoms with Crippen molar-refractivity contribution < 1.29 is 17.7 Å². The molecule has 0 aliphatic carbocycles. The summed E-state index contributed by atoms with van der Waals surface area (Å²) in [5.41, 5.74) is 1.08. The Kier molecular flexibility index (Phi) is 3.57. The van der Waals surface area contributed by atoms with Gasteiger partial charge in [-0.05, 0) is 6.07 Å². The number of amides is 1. The molecule has 3 heterocycles. The van der Waals surface area contributed by atoms with Crippen LogP contribution in [0.4, 0.5) is 11.4 Å². The van der Waals surface area contributed by atoms with E-state index in [2.05, 4.69) is 20.0 Å². The highest BCUT2D eigenvalue weighted by atomic mass is 32.2. The summed E-state index contributed by atoms with van der Waals surface area (Å²) >= 11 is 0. The molecule has 9 heteroatoms. The fraction of sp³-hybridized carbons (Fsp3) is 0.308. The number of fused-ring (bicyclic) bond motifs is 1. The molecule has 8 nitrogen and oxygen atoms in total. The van der Waals surface area contributed by atoms with Gasteiger partial charge in [-0.1, -0.05) is 12.1 Å². The van der Waals surface area contributed by atoms with Crippen molar-refractivity contribution in [3.8, 4) is 0 Å². The van der Waals surface area contributed by atoms with Gasteiger partial charge in [-0.3, -0.25) is 14.1 Å². The lowest BCUT2D eigenvalue weighted by molar-refractivity contribution is -0.119. The fourth-order valence-corrected chi connectivity index (χ4v) is 3.79. The molecule has 22 heavy (non-hydrogen) atoms. The van der Waals surface area contributed by atoms with Crippen molar-refractivity contribution in [1.29, 1.82) is 0 Å². The van der Waals surface area contributed by atoms with E-state index < -0.39 is 15.9 Å². The Morgan fingerprint density at radius 3 is 3.00 bits per heavy atom. The molecule has 1 aliphatic rings. The fourth-order valence-electron chi connectivity index (χ4n) is 2.22. The number of pyridine rings is 1. The SMILES string of the molecule is CC1CN(S(=O)(=O)Cc2ccon2)c2cnccc2NC1=O. The Morgan fingerprint density at radius 2 is 2.27 bits per heavy atom. The minimum absolute atomic E-state index is 0.0463. The lowest BCUT2D eigenvalue weighted by Crippen LogP contribution is -2.36. The first-order valence-electron chi connectivity index (χ1n) is 6.62. The molecule has 2 aromatic rings. The first-order valence-corrected chi connectivity index (χ1v) is 8.23. The Bertz CT molecular complexity index is 788. The lowest BCUT2D eigenvalue weighted by Gasteiger charge is -2.24. The van der Waals surface area contributed by atoms with E-state index in [9.17, 15) is 13.2 Å². The van der Waals surface area contributed by atoms with E-state index in [0.29, 0.717) is 17.1 Å². The number of carbonyl (C=O) groups is 1. The van der Waals surface area contributed by atoms with Crippen molar-refractivity contribution >= 4 is 27.3 Å². The van der Waals surface area contributed by atoms with Gasteiger partial charge in [0.1, 0.15) is 17.7 Å². The van der Waals surface area contributed by atoms with E-state index in [1.54, 1.807) is 13.0 Å². The van der Waals surface area contributed by atoms with Gasteiger partial charge >= 0.3 is 0 Å². The molecule has 0 fully saturated rings. The van der Waals surface area contributed by atoms with Crippen LogP contribution in [0.1, 0.15) is 12.6 Å². The van der Waals surface area contributed by atoms with Gasteiger partial charge in [0, 0.05) is 18.8 Å². The first kappa shape index (κ1) is 14.5. The van der Waals surface area contributed by atoms with Crippen molar-refractivity contribution in [2.45, 2.75) is 12.7 Å². The van der Waals surface area contributed by atoms with Gasteiger partial charge in [-0.25, -0.2) is 8.42 Å². The van der Waals surface area contributed by atoms with E-state index in [0.717, 1.165) is 0 Å². The summed E-state index contributed by atoms with van der Waals surface area (Å²) in [7, 11) is -3.72. The molecule has 0 bridgehead atoms. The van der Waals surface area contributed by atoms with Gasteiger partial charge in [0.25, 0.3) is 0 Å². The molecule has 116 valence electrons. The number of nitrogens with one attached hydrogen (secondary N) is 1. The van der Waals surface area contributed by atoms with Crippen LogP contribution < -0.4 is 9.62 Å². The number of aromatic nitrogens is 2. The molecule has 0 saturated carbocycles. The van der Waals surface area contributed by atoms with Crippen molar-refractivity contribution in [3.63, 3.8) is 0 Å². The maximum Gasteiger partial charge on any atom is 0.241 e. The summed E-state index contributed by atoms with van der Waals surface area (Å²) in [6, 6.07) is 3.07. The maximum atomic E-state index is 12.7. The zero-order valence-electron chi connectivity index (χ0n) is 11.8. The molecule has 1 aliphatic heterocycles. The van der Waals surface area contributed by atoms with E-state index in [4.69, 9.17) is 0 Å². The molecule has 1 unspecified atom stereocenters. The van der Waals surface area contributed by atoms with Gasteiger partial charge in [-0.2, -0.15) is 0 Å². The first-order chi connectivity index (χ1) is 10.5. The van der Waals surface area contributed by atoms with Gasteiger partial charge < -0.3 is 9.84 Å². The predicted molar refractivity (Wildman–Crippen MR) is 78.5 cm³/mol. The second kappa shape index (κ2) is 5.41. The van der Waals surface area contributed by atoms with Crippen LogP contribution in [0.3, 0.4) is 0 Å². The lowest BCUT2D eigenvalue weighted by atomic mass is 10.2.